The number of anilines is 1. The zero-order chi connectivity index (χ0) is 11.7. The van der Waals surface area contributed by atoms with Crippen molar-refractivity contribution < 1.29 is 9.47 Å². The molecule has 0 spiro atoms. The molecule has 2 aromatic rings. The molecule has 0 radical (unpaired) electrons. The Balaban J connectivity index is 2.03. The number of nitrogens with zero attached hydrogens (tertiary/aromatic N) is 4. The number of nitrogens with two attached hydrogens (primary N) is 1. The van der Waals surface area contributed by atoms with Gasteiger partial charge in [-0.25, -0.2) is 0 Å². The van der Waals surface area contributed by atoms with E-state index in [1.54, 1.807) is 0 Å². The quantitative estimate of drug-likeness (QED) is 0.767. The lowest BCUT2D eigenvalue weighted by Crippen LogP contribution is -2.03. The lowest BCUT2D eigenvalue weighted by Gasteiger charge is -2.09. The van der Waals surface area contributed by atoms with E-state index in [2.05, 4.69) is 15.5 Å². The molecule has 17 heavy (non-hydrogen) atoms. The Hall–Kier alpha value is -2.31. The fourth-order valence-corrected chi connectivity index (χ4v) is 1.66. The fourth-order valence-electron chi connectivity index (χ4n) is 1.66. The molecule has 1 aromatic heterocycles. The van der Waals surface area contributed by atoms with Gasteiger partial charge in [-0.3, -0.25) is 0 Å². The van der Waals surface area contributed by atoms with Crippen LogP contribution in [0.4, 0.5) is 5.95 Å². The average Bonchev–Trinajstić information content (AvgIpc) is 2.64. The molecule has 2 N–H and O–H groups in total. The first-order valence-electron chi connectivity index (χ1n) is 5.28. The Morgan fingerprint density at radius 2 is 2.00 bits per heavy atom. The molecule has 0 unspecified atom stereocenters. The minimum absolute atomic E-state index is 0.236. The summed E-state index contributed by atoms with van der Waals surface area (Å²) in [6, 6.07) is 5.48. The van der Waals surface area contributed by atoms with Gasteiger partial charge in [-0.15, -0.1) is 0 Å². The molecule has 1 aliphatic heterocycles. The summed E-state index contributed by atoms with van der Waals surface area (Å²) in [6.45, 7) is 1.31. The van der Waals surface area contributed by atoms with Crippen molar-refractivity contribution in [3.05, 3.63) is 18.2 Å². The van der Waals surface area contributed by atoms with E-state index in [4.69, 9.17) is 15.2 Å². The van der Waals surface area contributed by atoms with Crippen LogP contribution < -0.4 is 15.2 Å². The number of rotatable bonds is 1. The standard InChI is InChI=1S/C10H11N5O2/c11-10-12-13-14-15(10)7-2-3-8-9(6-7)17-5-1-4-16-8/h2-3,6H,1,4-5H2,(H2,11,12,14). The van der Waals surface area contributed by atoms with Crippen LogP contribution in [0.3, 0.4) is 0 Å². The van der Waals surface area contributed by atoms with E-state index in [9.17, 15) is 0 Å². The van der Waals surface area contributed by atoms with Gasteiger partial charge in [0.1, 0.15) is 0 Å². The third kappa shape index (κ3) is 1.75. The molecule has 3 rings (SSSR count). The minimum Gasteiger partial charge on any atom is -0.490 e. The van der Waals surface area contributed by atoms with Crippen molar-refractivity contribution in [1.82, 2.24) is 20.2 Å². The summed E-state index contributed by atoms with van der Waals surface area (Å²) in [5.74, 6) is 1.66. The van der Waals surface area contributed by atoms with Crippen LogP contribution in [-0.2, 0) is 0 Å². The Kier molecular flexibility index (Phi) is 2.28. The van der Waals surface area contributed by atoms with Crippen LogP contribution in [0.15, 0.2) is 18.2 Å². The maximum absolute atomic E-state index is 5.63. The lowest BCUT2D eigenvalue weighted by molar-refractivity contribution is 0.297. The molecule has 7 heteroatoms. The van der Waals surface area contributed by atoms with Crippen molar-refractivity contribution in [1.29, 1.82) is 0 Å². The monoisotopic (exact) mass is 233 g/mol. The number of hydrogen-bond acceptors (Lipinski definition) is 6. The molecule has 88 valence electrons. The summed E-state index contributed by atoms with van der Waals surface area (Å²) in [4.78, 5) is 0. The normalized spacial score (nSPS) is 14.4. The predicted molar refractivity (Wildman–Crippen MR) is 59.2 cm³/mol. The third-order valence-corrected chi connectivity index (χ3v) is 2.47. The van der Waals surface area contributed by atoms with Crippen LogP contribution in [-0.4, -0.2) is 33.4 Å². The molecule has 0 atom stereocenters. The Morgan fingerprint density at radius 1 is 1.18 bits per heavy atom. The summed E-state index contributed by atoms with van der Waals surface area (Å²) in [7, 11) is 0. The summed E-state index contributed by atoms with van der Waals surface area (Å²) < 4.78 is 12.6. The molecule has 0 fully saturated rings. The molecule has 1 aliphatic rings. The molecular formula is C10H11N5O2. The zero-order valence-electron chi connectivity index (χ0n) is 9.04. The largest absolute Gasteiger partial charge is 0.490 e. The minimum atomic E-state index is 0.236. The Morgan fingerprint density at radius 3 is 2.76 bits per heavy atom. The number of benzene rings is 1. The van der Waals surface area contributed by atoms with Gasteiger partial charge in [0.2, 0.25) is 5.95 Å². The Bertz CT molecular complexity index is 539. The smallest absolute Gasteiger partial charge is 0.245 e. The van der Waals surface area contributed by atoms with Crippen LogP contribution in [0.2, 0.25) is 0 Å². The first-order chi connectivity index (χ1) is 8.34. The number of ether oxygens (including phenoxy) is 2. The van der Waals surface area contributed by atoms with Crippen LogP contribution >= 0.6 is 0 Å². The molecule has 1 aromatic carbocycles. The number of fused-ring (bicyclic) bond motifs is 1. The highest BCUT2D eigenvalue weighted by atomic mass is 16.5. The van der Waals surface area contributed by atoms with E-state index < -0.39 is 0 Å². The van der Waals surface area contributed by atoms with E-state index in [1.165, 1.54) is 4.68 Å². The van der Waals surface area contributed by atoms with Crippen molar-refractivity contribution in [3.63, 3.8) is 0 Å². The van der Waals surface area contributed by atoms with Crippen molar-refractivity contribution in [2.45, 2.75) is 6.42 Å². The maximum atomic E-state index is 5.63. The zero-order valence-corrected chi connectivity index (χ0v) is 9.04. The molecule has 0 saturated carbocycles. The highest BCUT2D eigenvalue weighted by Crippen LogP contribution is 2.31. The first-order valence-corrected chi connectivity index (χ1v) is 5.28. The van der Waals surface area contributed by atoms with Crippen molar-refractivity contribution >= 4 is 5.95 Å². The predicted octanol–water partition coefficient (Wildman–Crippen LogP) is 0.406. The number of nitrogen functional groups attached to an aromatic ring is 1. The van der Waals surface area contributed by atoms with Crippen molar-refractivity contribution in [2.24, 2.45) is 0 Å². The van der Waals surface area contributed by atoms with Gasteiger partial charge < -0.3 is 15.2 Å². The van der Waals surface area contributed by atoms with Crippen LogP contribution in [0.25, 0.3) is 5.69 Å². The molecule has 0 aliphatic carbocycles. The summed E-state index contributed by atoms with van der Waals surface area (Å²) in [5, 5.41) is 10.9. The highest BCUT2D eigenvalue weighted by Gasteiger charge is 2.13. The number of aromatic nitrogens is 4. The number of hydrogen-bond donors (Lipinski definition) is 1. The summed E-state index contributed by atoms with van der Waals surface area (Å²) in [5.41, 5.74) is 6.38. The van der Waals surface area contributed by atoms with Crippen LogP contribution in [0, 0.1) is 0 Å². The molecular weight excluding hydrogens is 222 g/mol. The summed E-state index contributed by atoms with van der Waals surface area (Å²) in [6.07, 6.45) is 0.872. The van der Waals surface area contributed by atoms with Crippen LogP contribution in [0.5, 0.6) is 11.5 Å². The molecule has 0 bridgehead atoms. The molecule has 2 heterocycles. The van der Waals surface area contributed by atoms with E-state index in [-0.39, 0.29) is 5.95 Å². The van der Waals surface area contributed by atoms with E-state index in [1.807, 2.05) is 18.2 Å². The van der Waals surface area contributed by atoms with Gasteiger partial charge in [-0.05, 0) is 22.6 Å². The number of tetrazole rings is 1. The maximum Gasteiger partial charge on any atom is 0.245 e. The lowest BCUT2D eigenvalue weighted by atomic mass is 10.3. The Labute approximate surface area is 97.1 Å². The van der Waals surface area contributed by atoms with Gasteiger partial charge in [0.05, 0.1) is 18.9 Å². The summed E-state index contributed by atoms with van der Waals surface area (Å²) >= 11 is 0. The van der Waals surface area contributed by atoms with E-state index in [0.717, 1.165) is 17.9 Å². The van der Waals surface area contributed by atoms with Crippen LogP contribution in [0.1, 0.15) is 6.42 Å². The van der Waals surface area contributed by atoms with Gasteiger partial charge in [-0.1, -0.05) is 5.10 Å². The molecule has 7 nitrogen and oxygen atoms in total. The fraction of sp³-hybridized carbons (Fsp3) is 0.300. The average molecular weight is 233 g/mol. The third-order valence-electron chi connectivity index (χ3n) is 2.47. The van der Waals surface area contributed by atoms with E-state index in [0.29, 0.717) is 19.0 Å². The van der Waals surface area contributed by atoms with Crippen molar-refractivity contribution in [2.75, 3.05) is 18.9 Å². The van der Waals surface area contributed by atoms with E-state index >= 15 is 0 Å². The second-order valence-electron chi connectivity index (χ2n) is 3.63. The van der Waals surface area contributed by atoms with Gasteiger partial charge in [0.25, 0.3) is 0 Å². The van der Waals surface area contributed by atoms with Gasteiger partial charge >= 0.3 is 0 Å². The molecule has 0 amide bonds. The second kappa shape index (κ2) is 3.93. The molecule has 0 saturated heterocycles. The van der Waals surface area contributed by atoms with Gasteiger partial charge in [0.15, 0.2) is 11.5 Å². The second-order valence-corrected chi connectivity index (χ2v) is 3.63. The first kappa shape index (κ1) is 9.88. The topological polar surface area (TPSA) is 88.1 Å². The van der Waals surface area contributed by atoms with Gasteiger partial charge in [0, 0.05) is 12.5 Å². The van der Waals surface area contributed by atoms with Crippen molar-refractivity contribution in [3.8, 4) is 17.2 Å². The SMILES string of the molecule is Nc1nnnn1-c1ccc2c(c1)OCCCO2. The highest BCUT2D eigenvalue weighted by molar-refractivity contribution is 5.50. The van der Waals surface area contributed by atoms with Gasteiger partial charge in [-0.2, -0.15) is 4.68 Å².